The van der Waals surface area contributed by atoms with Gasteiger partial charge in [-0.25, -0.2) is 0 Å². The SMILES string of the molecule is COC(C)(C(=O)Nc1cc(C)c(OCC(C)C)c(C)c1)C1CC1. The van der Waals surface area contributed by atoms with E-state index in [4.69, 9.17) is 9.47 Å². The smallest absolute Gasteiger partial charge is 0.256 e. The Hall–Kier alpha value is -1.55. The molecule has 0 saturated heterocycles. The van der Waals surface area contributed by atoms with Gasteiger partial charge in [0.1, 0.15) is 11.4 Å². The molecule has 1 saturated carbocycles. The number of hydrogen-bond acceptors (Lipinski definition) is 3. The number of hydrogen-bond donors (Lipinski definition) is 1. The van der Waals surface area contributed by atoms with Crippen molar-refractivity contribution in [2.75, 3.05) is 19.0 Å². The molecular weight excluding hydrogens is 290 g/mol. The zero-order valence-corrected chi connectivity index (χ0v) is 15.2. The predicted molar refractivity (Wildman–Crippen MR) is 93.0 cm³/mol. The number of amides is 1. The Morgan fingerprint density at radius 3 is 2.30 bits per heavy atom. The van der Waals surface area contributed by atoms with Gasteiger partial charge in [0, 0.05) is 12.8 Å². The van der Waals surface area contributed by atoms with E-state index in [2.05, 4.69) is 19.2 Å². The van der Waals surface area contributed by atoms with E-state index in [9.17, 15) is 4.79 Å². The fourth-order valence-electron chi connectivity index (χ4n) is 2.83. The summed E-state index contributed by atoms with van der Waals surface area (Å²) in [5.74, 6) is 1.64. The average Bonchev–Trinajstić information content (AvgIpc) is 3.30. The Bertz CT molecular complexity index is 555. The highest BCUT2D eigenvalue weighted by Gasteiger charge is 2.47. The second-order valence-electron chi connectivity index (χ2n) is 7.18. The fraction of sp³-hybridized carbons (Fsp3) is 0.632. The van der Waals surface area contributed by atoms with Crippen molar-refractivity contribution < 1.29 is 14.3 Å². The maximum absolute atomic E-state index is 12.6. The first-order valence-corrected chi connectivity index (χ1v) is 8.38. The maximum atomic E-state index is 12.6. The van der Waals surface area contributed by atoms with Crippen LogP contribution < -0.4 is 10.1 Å². The van der Waals surface area contributed by atoms with E-state index >= 15 is 0 Å². The van der Waals surface area contributed by atoms with E-state index in [0.717, 1.165) is 35.4 Å². The van der Waals surface area contributed by atoms with Crippen LogP contribution in [0.15, 0.2) is 12.1 Å². The number of methoxy groups -OCH3 is 1. The minimum atomic E-state index is -0.741. The predicted octanol–water partition coefficient (Wildman–Crippen LogP) is 4.09. The van der Waals surface area contributed by atoms with Crippen LogP contribution in [-0.4, -0.2) is 25.2 Å². The van der Waals surface area contributed by atoms with E-state index in [1.807, 2.05) is 32.9 Å². The molecule has 23 heavy (non-hydrogen) atoms. The van der Waals surface area contributed by atoms with Gasteiger partial charge in [-0.05, 0) is 68.7 Å². The largest absolute Gasteiger partial charge is 0.493 e. The van der Waals surface area contributed by atoms with Crippen molar-refractivity contribution in [1.29, 1.82) is 0 Å². The van der Waals surface area contributed by atoms with Gasteiger partial charge >= 0.3 is 0 Å². The molecule has 1 atom stereocenters. The van der Waals surface area contributed by atoms with Crippen molar-refractivity contribution in [2.24, 2.45) is 11.8 Å². The number of carbonyl (C=O) groups excluding carboxylic acids is 1. The number of ether oxygens (including phenoxy) is 2. The first kappa shape index (κ1) is 17.8. The Balaban J connectivity index is 2.13. The van der Waals surface area contributed by atoms with Crippen LogP contribution in [0.25, 0.3) is 0 Å². The van der Waals surface area contributed by atoms with Crippen molar-refractivity contribution in [2.45, 2.75) is 53.1 Å². The summed E-state index contributed by atoms with van der Waals surface area (Å²) >= 11 is 0. The third kappa shape index (κ3) is 4.05. The number of carbonyl (C=O) groups is 1. The minimum Gasteiger partial charge on any atom is -0.493 e. The quantitative estimate of drug-likeness (QED) is 0.823. The molecule has 0 radical (unpaired) electrons. The van der Waals surface area contributed by atoms with Crippen molar-refractivity contribution in [3.8, 4) is 5.75 Å². The van der Waals surface area contributed by atoms with Gasteiger partial charge < -0.3 is 14.8 Å². The Morgan fingerprint density at radius 1 is 1.30 bits per heavy atom. The summed E-state index contributed by atoms with van der Waals surface area (Å²) in [4.78, 5) is 12.6. The molecule has 1 aliphatic rings. The van der Waals surface area contributed by atoms with Crippen molar-refractivity contribution >= 4 is 11.6 Å². The molecule has 1 amide bonds. The zero-order chi connectivity index (χ0) is 17.2. The normalized spacial score (nSPS) is 17.0. The lowest BCUT2D eigenvalue weighted by atomic mass is 9.98. The third-order valence-corrected chi connectivity index (χ3v) is 4.51. The molecule has 0 spiro atoms. The highest BCUT2D eigenvalue weighted by molar-refractivity contribution is 5.97. The summed E-state index contributed by atoms with van der Waals surface area (Å²) in [6.07, 6.45) is 2.11. The summed E-state index contributed by atoms with van der Waals surface area (Å²) in [6, 6.07) is 3.92. The Labute approximate surface area is 139 Å². The fourth-order valence-corrected chi connectivity index (χ4v) is 2.83. The number of rotatable bonds is 7. The van der Waals surface area contributed by atoms with Crippen LogP contribution in [0, 0.1) is 25.7 Å². The van der Waals surface area contributed by atoms with Crippen molar-refractivity contribution in [1.82, 2.24) is 0 Å². The highest BCUT2D eigenvalue weighted by atomic mass is 16.5. The summed E-state index contributed by atoms with van der Waals surface area (Å²) in [7, 11) is 1.61. The Kier molecular flexibility index (Phi) is 5.35. The Morgan fingerprint density at radius 2 is 1.87 bits per heavy atom. The average molecular weight is 319 g/mol. The molecule has 0 heterocycles. The highest BCUT2D eigenvalue weighted by Crippen LogP contribution is 2.42. The summed E-state index contributed by atoms with van der Waals surface area (Å²) in [5.41, 5.74) is 2.12. The van der Waals surface area contributed by atoms with Crippen molar-refractivity contribution in [3.05, 3.63) is 23.3 Å². The molecule has 0 aromatic heterocycles. The van der Waals surface area contributed by atoms with Crippen LogP contribution >= 0.6 is 0 Å². The first-order valence-electron chi connectivity index (χ1n) is 8.38. The van der Waals surface area contributed by atoms with E-state index in [1.54, 1.807) is 7.11 Å². The lowest BCUT2D eigenvalue weighted by molar-refractivity contribution is -0.138. The molecule has 4 nitrogen and oxygen atoms in total. The lowest BCUT2D eigenvalue weighted by Gasteiger charge is -2.27. The van der Waals surface area contributed by atoms with Crippen LogP contribution in [0.3, 0.4) is 0 Å². The summed E-state index contributed by atoms with van der Waals surface area (Å²) in [6.45, 7) is 10.8. The van der Waals surface area contributed by atoms with Crippen LogP contribution in [0.1, 0.15) is 44.7 Å². The minimum absolute atomic E-state index is 0.0721. The number of nitrogens with one attached hydrogen (secondary N) is 1. The molecule has 128 valence electrons. The van der Waals surface area contributed by atoms with E-state index in [1.165, 1.54) is 0 Å². The third-order valence-electron chi connectivity index (χ3n) is 4.51. The van der Waals surface area contributed by atoms with Gasteiger partial charge in [-0.15, -0.1) is 0 Å². The molecule has 1 aromatic carbocycles. The van der Waals surface area contributed by atoms with Crippen LogP contribution in [0.5, 0.6) is 5.75 Å². The molecule has 1 aromatic rings. The molecule has 1 unspecified atom stereocenters. The van der Waals surface area contributed by atoms with Crippen LogP contribution in [-0.2, 0) is 9.53 Å². The molecular formula is C19H29NO3. The second kappa shape index (κ2) is 6.91. The topological polar surface area (TPSA) is 47.6 Å². The van der Waals surface area contributed by atoms with Gasteiger partial charge in [0.05, 0.1) is 6.61 Å². The molecule has 1 fully saturated rings. The van der Waals surface area contributed by atoms with Gasteiger partial charge in [-0.2, -0.15) is 0 Å². The van der Waals surface area contributed by atoms with E-state index in [0.29, 0.717) is 18.4 Å². The standard InChI is InChI=1S/C19H29NO3/c1-12(2)11-23-17-13(3)9-16(10-14(17)4)20-18(21)19(5,22-6)15-7-8-15/h9-10,12,15H,7-8,11H2,1-6H3,(H,20,21). The molecule has 0 aliphatic heterocycles. The van der Waals surface area contributed by atoms with E-state index < -0.39 is 5.60 Å². The number of anilines is 1. The summed E-state index contributed by atoms with van der Waals surface area (Å²) in [5, 5.41) is 3.01. The second-order valence-corrected chi connectivity index (χ2v) is 7.18. The van der Waals surface area contributed by atoms with Crippen molar-refractivity contribution in [3.63, 3.8) is 0 Å². The first-order chi connectivity index (χ1) is 10.8. The monoisotopic (exact) mass is 319 g/mol. The van der Waals surface area contributed by atoms with Gasteiger partial charge in [-0.1, -0.05) is 13.8 Å². The molecule has 4 heteroatoms. The molecule has 1 aliphatic carbocycles. The number of benzene rings is 1. The maximum Gasteiger partial charge on any atom is 0.256 e. The lowest BCUT2D eigenvalue weighted by Crippen LogP contribution is -2.44. The molecule has 1 N–H and O–H groups in total. The summed E-state index contributed by atoms with van der Waals surface area (Å²) < 4.78 is 11.4. The van der Waals surface area contributed by atoms with E-state index in [-0.39, 0.29) is 5.91 Å². The van der Waals surface area contributed by atoms with Gasteiger partial charge in [0.25, 0.3) is 5.91 Å². The zero-order valence-electron chi connectivity index (χ0n) is 15.2. The van der Waals surface area contributed by atoms with Gasteiger partial charge in [0.2, 0.25) is 0 Å². The van der Waals surface area contributed by atoms with Gasteiger partial charge in [-0.3, -0.25) is 4.79 Å². The van der Waals surface area contributed by atoms with Gasteiger partial charge in [0.15, 0.2) is 0 Å². The molecule has 2 rings (SSSR count). The molecule has 0 bridgehead atoms. The van der Waals surface area contributed by atoms with Crippen LogP contribution in [0.2, 0.25) is 0 Å². The van der Waals surface area contributed by atoms with Crippen LogP contribution in [0.4, 0.5) is 5.69 Å². The number of aryl methyl sites for hydroxylation is 2.